The summed E-state index contributed by atoms with van der Waals surface area (Å²) in [5.41, 5.74) is -0.308. The molecule has 104 valence electrons. The van der Waals surface area contributed by atoms with Gasteiger partial charge >= 0.3 is 5.97 Å². The third-order valence-corrected chi connectivity index (χ3v) is 7.32. The Balaban J connectivity index is 2.39. The standard InChI is InChI=1S/C12H21NO4S/c1-11(2)9-4-5-12(11,3)8-18(16,17)13(6-9)7-10(14)15/h9H,4-8H2,1-3H3,(H,14,15). The van der Waals surface area contributed by atoms with Crippen LogP contribution in [0.1, 0.15) is 33.6 Å². The minimum atomic E-state index is -3.46. The Morgan fingerprint density at radius 2 is 2.00 bits per heavy atom. The number of carboxylic acids is 1. The highest BCUT2D eigenvalue weighted by molar-refractivity contribution is 7.89. The topological polar surface area (TPSA) is 74.7 Å². The maximum absolute atomic E-state index is 12.3. The smallest absolute Gasteiger partial charge is 0.318 e. The van der Waals surface area contributed by atoms with Gasteiger partial charge in [-0.1, -0.05) is 20.8 Å². The first-order valence-electron chi connectivity index (χ1n) is 6.28. The lowest BCUT2D eigenvalue weighted by Crippen LogP contribution is -2.41. The van der Waals surface area contributed by atoms with Crippen molar-refractivity contribution in [3.63, 3.8) is 0 Å². The van der Waals surface area contributed by atoms with E-state index in [4.69, 9.17) is 5.11 Å². The van der Waals surface area contributed by atoms with E-state index in [0.717, 1.165) is 17.1 Å². The summed E-state index contributed by atoms with van der Waals surface area (Å²) in [5, 5.41) is 8.85. The van der Waals surface area contributed by atoms with Crippen molar-refractivity contribution in [2.24, 2.45) is 16.7 Å². The second-order valence-electron chi connectivity index (χ2n) is 6.46. The van der Waals surface area contributed by atoms with E-state index in [1.54, 1.807) is 0 Å². The average molecular weight is 275 g/mol. The average Bonchev–Trinajstić information content (AvgIpc) is 2.35. The van der Waals surface area contributed by atoms with Crippen molar-refractivity contribution in [2.75, 3.05) is 18.8 Å². The Labute approximate surface area is 108 Å². The Morgan fingerprint density at radius 1 is 1.39 bits per heavy atom. The van der Waals surface area contributed by atoms with Gasteiger partial charge in [-0.2, -0.15) is 4.31 Å². The number of sulfonamides is 1. The largest absolute Gasteiger partial charge is 0.480 e. The van der Waals surface area contributed by atoms with Crippen molar-refractivity contribution < 1.29 is 18.3 Å². The number of aliphatic carboxylic acids is 1. The summed E-state index contributed by atoms with van der Waals surface area (Å²) in [5.74, 6) is -0.769. The van der Waals surface area contributed by atoms with Crippen LogP contribution >= 0.6 is 0 Å². The molecular formula is C12H21NO4S. The lowest BCUT2D eigenvalue weighted by Gasteiger charge is -2.39. The van der Waals surface area contributed by atoms with Crippen LogP contribution in [-0.2, 0) is 14.8 Å². The maximum Gasteiger partial charge on any atom is 0.318 e. The summed E-state index contributed by atoms with van der Waals surface area (Å²) in [6.45, 7) is 6.19. The van der Waals surface area contributed by atoms with Gasteiger partial charge in [-0.15, -0.1) is 0 Å². The van der Waals surface area contributed by atoms with Gasteiger partial charge in [-0.05, 0) is 29.6 Å². The highest BCUT2D eigenvalue weighted by Gasteiger charge is 2.56. The number of carboxylic acid groups (broad SMARTS) is 1. The zero-order valence-corrected chi connectivity index (χ0v) is 12.0. The molecule has 2 aliphatic rings. The molecule has 5 nitrogen and oxygen atoms in total. The molecule has 2 bridgehead atoms. The predicted molar refractivity (Wildman–Crippen MR) is 67.6 cm³/mol. The molecule has 1 aliphatic carbocycles. The fourth-order valence-electron chi connectivity index (χ4n) is 3.41. The van der Waals surface area contributed by atoms with Gasteiger partial charge in [0.25, 0.3) is 0 Å². The Morgan fingerprint density at radius 3 is 2.56 bits per heavy atom. The number of fused-ring (bicyclic) bond motifs is 2. The SMILES string of the molecule is CC12CCC(CN(CC(=O)O)S(=O)(=O)C1)C2(C)C. The molecule has 1 heterocycles. The van der Waals surface area contributed by atoms with Crippen molar-refractivity contribution >= 4 is 16.0 Å². The van der Waals surface area contributed by atoms with Crippen LogP contribution in [0.25, 0.3) is 0 Å². The second-order valence-corrected chi connectivity index (χ2v) is 8.43. The molecule has 2 rings (SSSR count). The first kappa shape index (κ1) is 13.8. The summed E-state index contributed by atoms with van der Waals surface area (Å²) >= 11 is 0. The summed E-state index contributed by atoms with van der Waals surface area (Å²) < 4.78 is 25.7. The molecule has 1 saturated heterocycles. The first-order valence-corrected chi connectivity index (χ1v) is 7.89. The van der Waals surface area contributed by atoms with E-state index in [0.29, 0.717) is 6.54 Å². The van der Waals surface area contributed by atoms with Crippen molar-refractivity contribution in [2.45, 2.75) is 33.6 Å². The molecule has 0 amide bonds. The van der Waals surface area contributed by atoms with Gasteiger partial charge in [-0.25, -0.2) is 8.42 Å². The van der Waals surface area contributed by atoms with Crippen LogP contribution in [0.5, 0.6) is 0 Å². The number of hydrogen-bond acceptors (Lipinski definition) is 3. The molecule has 2 atom stereocenters. The third kappa shape index (κ3) is 1.95. The van der Waals surface area contributed by atoms with Gasteiger partial charge in [0.2, 0.25) is 10.0 Å². The highest BCUT2D eigenvalue weighted by atomic mass is 32.2. The van der Waals surface area contributed by atoms with Crippen LogP contribution < -0.4 is 0 Å². The fraction of sp³-hybridized carbons (Fsp3) is 0.917. The van der Waals surface area contributed by atoms with E-state index in [2.05, 4.69) is 13.8 Å². The molecule has 1 saturated carbocycles. The van der Waals surface area contributed by atoms with Crippen molar-refractivity contribution in [1.82, 2.24) is 4.31 Å². The zero-order chi connectivity index (χ0) is 13.8. The van der Waals surface area contributed by atoms with Gasteiger partial charge in [0.1, 0.15) is 6.54 Å². The van der Waals surface area contributed by atoms with Crippen LogP contribution in [-0.4, -0.2) is 42.6 Å². The molecule has 1 aliphatic heterocycles. The van der Waals surface area contributed by atoms with Gasteiger partial charge in [0.15, 0.2) is 0 Å². The monoisotopic (exact) mass is 275 g/mol. The van der Waals surface area contributed by atoms with E-state index in [1.165, 1.54) is 0 Å². The zero-order valence-electron chi connectivity index (χ0n) is 11.1. The van der Waals surface area contributed by atoms with E-state index in [1.807, 2.05) is 6.92 Å². The summed E-state index contributed by atoms with van der Waals surface area (Å²) in [4.78, 5) is 10.8. The normalized spacial score (nSPS) is 38.3. The van der Waals surface area contributed by atoms with E-state index in [9.17, 15) is 13.2 Å². The Bertz CT molecular complexity index is 470. The lowest BCUT2D eigenvalue weighted by molar-refractivity contribution is -0.137. The lowest BCUT2D eigenvalue weighted by atomic mass is 9.67. The van der Waals surface area contributed by atoms with E-state index < -0.39 is 22.5 Å². The minimum absolute atomic E-state index is 0.0622. The second kappa shape index (κ2) is 3.93. The maximum atomic E-state index is 12.3. The Kier molecular flexibility index (Phi) is 3.02. The number of carbonyl (C=O) groups is 1. The van der Waals surface area contributed by atoms with Crippen LogP contribution in [0.2, 0.25) is 0 Å². The Hall–Kier alpha value is -0.620. The molecule has 0 spiro atoms. The van der Waals surface area contributed by atoms with Crippen molar-refractivity contribution in [3.05, 3.63) is 0 Å². The highest BCUT2D eigenvalue weighted by Crippen LogP contribution is 2.58. The van der Waals surface area contributed by atoms with Crippen molar-refractivity contribution in [3.8, 4) is 0 Å². The predicted octanol–water partition coefficient (Wildman–Crippen LogP) is 1.16. The van der Waals surface area contributed by atoms with Crippen LogP contribution in [0.4, 0.5) is 0 Å². The van der Waals surface area contributed by atoms with Crippen molar-refractivity contribution in [1.29, 1.82) is 0 Å². The van der Waals surface area contributed by atoms with Gasteiger partial charge in [-0.3, -0.25) is 4.79 Å². The van der Waals surface area contributed by atoms with E-state index >= 15 is 0 Å². The molecule has 2 fully saturated rings. The number of nitrogens with zero attached hydrogens (tertiary/aromatic N) is 1. The number of rotatable bonds is 2. The summed E-state index contributed by atoms with van der Waals surface area (Å²) in [6.07, 6.45) is 1.89. The third-order valence-electron chi connectivity index (χ3n) is 5.25. The van der Waals surface area contributed by atoms with Crippen LogP contribution in [0, 0.1) is 16.7 Å². The quantitative estimate of drug-likeness (QED) is 0.820. The van der Waals surface area contributed by atoms with Crippen LogP contribution in [0.3, 0.4) is 0 Å². The number of hydrogen-bond donors (Lipinski definition) is 1. The molecule has 0 aromatic heterocycles. The molecule has 1 N–H and O–H groups in total. The summed E-state index contributed by atoms with van der Waals surface area (Å²) in [6, 6.07) is 0. The molecule has 0 aromatic carbocycles. The molecule has 0 radical (unpaired) electrons. The minimum Gasteiger partial charge on any atom is -0.480 e. The molecule has 2 unspecified atom stereocenters. The first-order chi connectivity index (χ1) is 8.08. The van der Waals surface area contributed by atoms with Gasteiger partial charge < -0.3 is 5.11 Å². The van der Waals surface area contributed by atoms with Gasteiger partial charge in [0, 0.05) is 6.54 Å². The molecular weight excluding hydrogens is 254 g/mol. The molecule has 0 aromatic rings. The van der Waals surface area contributed by atoms with Crippen LogP contribution in [0.15, 0.2) is 0 Å². The molecule has 6 heteroatoms. The molecule has 18 heavy (non-hydrogen) atoms. The fourth-order valence-corrected chi connectivity index (χ4v) is 5.63. The van der Waals surface area contributed by atoms with E-state index in [-0.39, 0.29) is 22.5 Å². The summed E-state index contributed by atoms with van der Waals surface area (Å²) in [7, 11) is -3.46. The van der Waals surface area contributed by atoms with Gasteiger partial charge in [0.05, 0.1) is 5.75 Å².